The van der Waals surface area contributed by atoms with Crippen LogP contribution in [-0.2, 0) is 6.42 Å². The highest BCUT2D eigenvalue weighted by atomic mass is 32.1. The van der Waals surface area contributed by atoms with Gasteiger partial charge in [0.15, 0.2) is 0 Å². The van der Waals surface area contributed by atoms with Gasteiger partial charge in [0, 0.05) is 24.0 Å². The van der Waals surface area contributed by atoms with Gasteiger partial charge in [-0.2, -0.15) is 4.37 Å². The van der Waals surface area contributed by atoms with Crippen LogP contribution in [0.25, 0.3) is 0 Å². The number of benzene rings is 1. The SMILES string of the molecule is Cc1ccccc1CCNc1nc(C2CC2)ns1. The number of aromatic nitrogens is 2. The minimum atomic E-state index is 0.646. The van der Waals surface area contributed by atoms with E-state index in [1.807, 2.05) is 0 Å². The normalized spacial score (nSPS) is 14.7. The number of nitrogens with zero attached hydrogens (tertiary/aromatic N) is 2. The van der Waals surface area contributed by atoms with Crippen molar-refractivity contribution in [2.24, 2.45) is 0 Å². The molecule has 0 unspecified atom stereocenters. The Morgan fingerprint density at radius 2 is 2.17 bits per heavy atom. The van der Waals surface area contributed by atoms with Gasteiger partial charge in [-0.1, -0.05) is 24.3 Å². The first-order valence-electron chi connectivity index (χ1n) is 6.45. The Morgan fingerprint density at radius 3 is 2.94 bits per heavy atom. The molecule has 2 aromatic rings. The van der Waals surface area contributed by atoms with Crippen molar-refractivity contribution in [1.82, 2.24) is 9.36 Å². The molecule has 0 radical (unpaired) electrons. The van der Waals surface area contributed by atoms with Gasteiger partial charge in [-0.25, -0.2) is 4.98 Å². The molecule has 1 fully saturated rings. The molecule has 1 N–H and O–H groups in total. The molecule has 1 aromatic carbocycles. The summed E-state index contributed by atoms with van der Waals surface area (Å²) in [6.45, 7) is 3.08. The zero-order valence-corrected chi connectivity index (χ0v) is 11.3. The maximum atomic E-state index is 4.52. The van der Waals surface area contributed by atoms with Crippen molar-refractivity contribution in [2.45, 2.75) is 32.1 Å². The third-order valence-electron chi connectivity index (χ3n) is 3.32. The average molecular weight is 259 g/mol. The van der Waals surface area contributed by atoms with E-state index >= 15 is 0 Å². The summed E-state index contributed by atoms with van der Waals surface area (Å²) in [6, 6.07) is 8.52. The Labute approximate surface area is 111 Å². The Hall–Kier alpha value is -1.42. The molecule has 0 bridgehead atoms. The van der Waals surface area contributed by atoms with Gasteiger partial charge in [-0.15, -0.1) is 0 Å². The summed E-state index contributed by atoms with van der Waals surface area (Å²) in [4.78, 5) is 4.52. The molecule has 1 saturated carbocycles. The van der Waals surface area contributed by atoms with Gasteiger partial charge < -0.3 is 5.32 Å². The zero-order valence-electron chi connectivity index (χ0n) is 10.5. The maximum absolute atomic E-state index is 4.52. The van der Waals surface area contributed by atoms with Crippen molar-refractivity contribution in [2.75, 3.05) is 11.9 Å². The minimum absolute atomic E-state index is 0.646. The Kier molecular flexibility index (Phi) is 3.28. The van der Waals surface area contributed by atoms with E-state index < -0.39 is 0 Å². The second-order valence-corrected chi connectivity index (χ2v) is 5.59. The minimum Gasteiger partial charge on any atom is -0.360 e. The molecular formula is C14H17N3S. The van der Waals surface area contributed by atoms with E-state index in [4.69, 9.17) is 0 Å². The highest BCUT2D eigenvalue weighted by molar-refractivity contribution is 7.09. The topological polar surface area (TPSA) is 37.8 Å². The predicted octanol–water partition coefficient (Wildman–Crippen LogP) is 3.38. The first-order chi connectivity index (χ1) is 8.83. The van der Waals surface area contributed by atoms with Gasteiger partial charge in [0.2, 0.25) is 5.13 Å². The fourth-order valence-corrected chi connectivity index (χ4v) is 2.68. The molecule has 1 aliphatic rings. The summed E-state index contributed by atoms with van der Waals surface area (Å²) in [5, 5.41) is 4.33. The number of nitrogens with one attached hydrogen (secondary N) is 1. The van der Waals surface area contributed by atoms with Crippen LogP contribution in [0, 0.1) is 6.92 Å². The van der Waals surface area contributed by atoms with Crippen LogP contribution >= 0.6 is 11.5 Å². The number of aryl methyl sites for hydroxylation is 1. The summed E-state index contributed by atoms with van der Waals surface area (Å²) in [5.74, 6) is 1.69. The van der Waals surface area contributed by atoms with Crippen LogP contribution in [0.5, 0.6) is 0 Å². The maximum Gasteiger partial charge on any atom is 0.202 e. The number of hydrogen-bond acceptors (Lipinski definition) is 4. The molecule has 1 heterocycles. The van der Waals surface area contributed by atoms with Crippen LogP contribution in [0.1, 0.15) is 35.7 Å². The Balaban J connectivity index is 1.53. The molecule has 0 atom stereocenters. The molecule has 1 aliphatic carbocycles. The second-order valence-electron chi connectivity index (χ2n) is 4.84. The van der Waals surface area contributed by atoms with Crippen LogP contribution in [0.2, 0.25) is 0 Å². The van der Waals surface area contributed by atoms with E-state index in [-0.39, 0.29) is 0 Å². The van der Waals surface area contributed by atoms with Crippen molar-refractivity contribution in [3.63, 3.8) is 0 Å². The van der Waals surface area contributed by atoms with Crippen molar-refractivity contribution in [3.05, 3.63) is 41.2 Å². The zero-order chi connectivity index (χ0) is 12.4. The molecule has 18 heavy (non-hydrogen) atoms. The summed E-state index contributed by atoms with van der Waals surface area (Å²) in [7, 11) is 0. The predicted molar refractivity (Wildman–Crippen MR) is 75.3 cm³/mol. The third-order valence-corrected chi connectivity index (χ3v) is 4.00. The van der Waals surface area contributed by atoms with E-state index in [1.54, 1.807) is 0 Å². The highest BCUT2D eigenvalue weighted by Gasteiger charge is 2.27. The molecule has 0 saturated heterocycles. The largest absolute Gasteiger partial charge is 0.360 e. The van der Waals surface area contributed by atoms with E-state index in [2.05, 4.69) is 45.9 Å². The molecule has 3 rings (SSSR count). The highest BCUT2D eigenvalue weighted by Crippen LogP contribution is 2.39. The molecule has 0 amide bonds. The number of hydrogen-bond donors (Lipinski definition) is 1. The average Bonchev–Trinajstić information content (AvgIpc) is 3.12. The summed E-state index contributed by atoms with van der Waals surface area (Å²) >= 11 is 1.48. The fourth-order valence-electron chi connectivity index (χ4n) is 2.01. The van der Waals surface area contributed by atoms with E-state index in [9.17, 15) is 0 Å². The summed E-state index contributed by atoms with van der Waals surface area (Å²) < 4.78 is 4.39. The van der Waals surface area contributed by atoms with Crippen molar-refractivity contribution >= 4 is 16.7 Å². The molecule has 0 aliphatic heterocycles. The van der Waals surface area contributed by atoms with E-state index in [0.717, 1.165) is 23.9 Å². The van der Waals surface area contributed by atoms with Crippen LogP contribution in [0.15, 0.2) is 24.3 Å². The number of anilines is 1. The molecule has 0 spiro atoms. The Bertz CT molecular complexity index is 531. The van der Waals surface area contributed by atoms with Gasteiger partial charge >= 0.3 is 0 Å². The lowest BCUT2D eigenvalue weighted by Gasteiger charge is -2.05. The van der Waals surface area contributed by atoms with Crippen LogP contribution < -0.4 is 5.32 Å². The first kappa shape index (κ1) is 11.7. The van der Waals surface area contributed by atoms with Crippen molar-refractivity contribution in [3.8, 4) is 0 Å². The molecule has 4 heteroatoms. The third kappa shape index (κ3) is 2.70. The van der Waals surface area contributed by atoms with Gasteiger partial charge in [0.25, 0.3) is 0 Å². The lowest BCUT2D eigenvalue weighted by molar-refractivity contribution is 0.965. The Morgan fingerprint density at radius 1 is 1.33 bits per heavy atom. The van der Waals surface area contributed by atoms with Gasteiger partial charge in [0.05, 0.1) is 0 Å². The summed E-state index contributed by atoms with van der Waals surface area (Å²) in [6.07, 6.45) is 3.56. The molecule has 94 valence electrons. The lowest BCUT2D eigenvalue weighted by atomic mass is 10.1. The molecule has 3 nitrogen and oxygen atoms in total. The van der Waals surface area contributed by atoms with Crippen LogP contribution in [0.4, 0.5) is 5.13 Å². The van der Waals surface area contributed by atoms with Gasteiger partial charge in [-0.05, 0) is 37.3 Å². The molecule has 1 aromatic heterocycles. The quantitative estimate of drug-likeness (QED) is 0.894. The summed E-state index contributed by atoms with van der Waals surface area (Å²) in [5.41, 5.74) is 2.76. The number of rotatable bonds is 5. The fraction of sp³-hybridized carbons (Fsp3) is 0.429. The second kappa shape index (κ2) is 5.06. The van der Waals surface area contributed by atoms with Crippen LogP contribution in [0.3, 0.4) is 0 Å². The van der Waals surface area contributed by atoms with Gasteiger partial charge in [0.1, 0.15) is 5.82 Å². The van der Waals surface area contributed by atoms with Gasteiger partial charge in [-0.3, -0.25) is 0 Å². The standard InChI is InChI=1S/C14H17N3S/c1-10-4-2-3-5-11(10)8-9-15-14-16-13(17-18-14)12-6-7-12/h2-5,12H,6-9H2,1H3,(H,15,16,17). The van der Waals surface area contributed by atoms with E-state index in [1.165, 1.54) is 35.5 Å². The smallest absolute Gasteiger partial charge is 0.202 e. The molecular weight excluding hydrogens is 242 g/mol. The van der Waals surface area contributed by atoms with Crippen molar-refractivity contribution in [1.29, 1.82) is 0 Å². The first-order valence-corrected chi connectivity index (χ1v) is 7.22. The lowest BCUT2D eigenvalue weighted by Crippen LogP contribution is -2.05. The monoisotopic (exact) mass is 259 g/mol. The van der Waals surface area contributed by atoms with Crippen LogP contribution in [-0.4, -0.2) is 15.9 Å². The van der Waals surface area contributed by atoms with Crippen molar-refractivity contribution < 1.29 is 0 Å². The van der Waals surface area contributed by atoms with E-state index in [0.29, 0.717) is 5.92 Å².